The molecule has 0 saturated heterocycles. The molecule has 0 fully saturated rings. The zero-order valence-corrected chi connectivity index (χ0v) is 10.2. The third kappa shape index (κ3) is 2.58. The van der Waals surface area contributed by atoms with Crippen molar-refractivity contribution >= 4 is 10.9 Å². The molecule has 19 heavy (non-hydrogen) atoms. The molecule has 98 valence electrons. The minimum atomic E-state index is -0.606. The molecular weight excluding hydrogens is 244 g/mol. The van der Waals surface area contributed by atoms with E-state index in [1.165, 1.54) is 0 Å². The number of nitrogens with zero attached hydrogens (tertiary/aromatic N) is 3. The smallest absolute Gasteiger partial charge is 0.128 e. The van der Waals surface area contributed by atoms with Gasteiger partial charge in [-0.1, -0.05) is 6.07 Å². The average molecular weight is 258 g/mol. The average Bonchev–Trinajstić information content (AvgIpc) is 3.06. The van der Waals surface area contributed by atoms with Crippen molar-refractivity contribution in [3.63, 3.8) is 0 Å². The number of H-pyrrole nitrogens is 1. The second-order valence-corrected chi connectivity index (χ2v) is 4.32. The lowest BCUT2D eigenvalue weighted by Gasteiger charge is -2.13. The maximum absolute atomic E-state index is 9.90. The van der Waals surface area contributed by atoms with E-state index in [0.29, 0.717) is 6.54 Å². The molecule has 0 radical (unpaired) electrons. The Balaban J connectivity index is 1.64. The van der Waals surface area contributed by atoms with E-state index < -0.39 is 6.10 Å². The first-order valence-electron chi connectivity index (χ1n) is 6.02. The summed E-state index contributed by atoms with van der Waals surface area (Å²) in [6.45, 7) is 0.637. The Kier molecular flexibility index (Phi) is 3.16. The molecule has 0 spiro atoms. The van der Waals surface area contributed by atoms with E-state index in [4.69, 9.17) is 4.74 Å². The first kappa shape index (κ1) is 11.7. The molecule has 1 atom stereocenters. The molecule has 6 nitrogen and oxygen atoms in total. The zero-order valence-electron chi connectivity index (χ0n) is 10.2. The van der Waals surface area contributed by atoms with Crippen LogP contribution in [0.2, 0.25) is 0 Å². The third-order valence-electron chi connectivity index (χ3n) is 2.87. The molecule has 3 rings (SSSR count). The van der Waals surface area contributed by atoms with Crippen molar-refractivity contribution in [1.29, 1.82) is 0 Å². The normalized spacial score (nSPS) is 12.7. The summed E-state index contributed by atoms with van der Waals surface area (Å²) in [5, 5.41) is 18.3. The van der Waals surface area contributed by atoms with Gasteiger partial charge in [0.05, 0.1) is 6.54 Å². The lowest BCUT2D eigenvalue weighted by atomic mass is 10.2. The number of hydrogen-bond donors (Lipinski definition) is 2. The topological polar surface area (TPSA) is 76.0 Å². The summed E-state index contributed by atoms with van der Waals surface area (Å²) in [6.07, 6.45) is 4.39. The number of aliphatic hydroxyl groups is 1. The maximum Gasteiger partial charge on any atom is 0.128 e. The second kappa shape index (κ2) is 5.11. The van der Waals surface area contributed by atoms with E-state index in [-0.39, 0.29) is 6.61 Å². The van der Waals surface area contributed by atoms with Crippen molar-refractivity contribution < 1.29 is 9.84 Å². The summed E-state index contributed by atoms with van der Waals surface area (Å²) in [5.41, 5.74) is 1.02. The van der Waals surface area contributed by atoms with Crippen LogP contribution in [-0.2, 0) is 6.54 Å². The van der Waals surface area contributed by atoms with Crippen LogP contribution < -0.4 is 4.74 Å². The fourth-order valence-electron chi connectivity index (χ4n) is 1.98. The summed E-state index contributed by atoms with van der Waals surface area (Å²) < 4.78 is 7.38. The van der Waals surface area contributed by atoms with E-state index >= 15 is 0 Å². The highest BCUT2D eigenvalue weighted by Crippen LogP contribution is 2.24. The van der Waals surface area contributed by atoms with Crippen LogP contribution in [0.4, 0.5) is 0 Å². The van der Waals surface area contributed by atoms with Crippen LogP contribution >= 0.6 is 0 Å². The summed E-state index contributed by atoms with van der Waals surface area (Å²) in [6, 6.07) is 7.74. The largest absolute Gasteiger partial charge is 0.490 e. The standard InChI is InChI=1S/C13H14N4O2/c18-10(6-17-8-15-16-9-17)7-19-13-3-1-2-12-11(13)4-5-14-12/h1-5,8-10,14,18H,6-7H2/t10-/m1/s1. The van der Waals surface area contributed by atoms with Crippen molar-refractivity contribution in [2.24, 2.45) is 0 Å². The quantitative estimate of drug-likeness (QED) is 0.721. The minimum Gasteiger partial charge on any atom is -0.490 e. The van der Waals surface area contributed by atoms with Crippen LogP contribution in [0.1, 0.15) is 0 Å². The predicted octanol–water partition coefficient (Wildman–Crippen LogP) is 1.20. The molecule has 2 heterocycles. The van der Waals surface area contributed by atoms with Crippen molar-refractivity contribution in [1.82, 2.24) is 19.7 Å². The number of benzene rings is 1. The van der Waals surface area contributed by atoms with Gasteiger partial charge in [0.1, 0.15) is 31.1 Å². The van der Waals surface area contributed by atoms with E-state index in [1.54, 1.807) is 17.2 Å². The van der Waals surface area contributed by atoms with Gasteiger partial charge in [-0.3, -0.25) is 0 Å². The Bertz CT molecular complexity index is 648. The van der Waals surface area contributed by atoms with Gasteiger partial charge in [-0.2, -0.15) is 0 Å². The number of rotatable bonds is 5. The number of aromatic nitrogens is 4. The van der Waals surface area contributed by atoms with Gasteiger partial charge in [0, 0.05) is 17.1 Å². The summed E-state index contributed by atoms with van der Waals surface area (Å²) in [7, 11) is 0. The monoisotopic (exact) mass is 258 g/mol. The fraction of sp³-hybridized carbons (Fsp3) is 0.231. The van der Waals surface area contributed by atoms with Gasteiger partial charge in [0.2, 0.25) is 0 Å². The lowest BCUT2D eigenvalue weighted by molar-refractivity contribution is 0.0931. The highest BCUT2D eigenvalue weighted by molar-refractivity contribution is 5.85. The summed E-state index contributed by atoms with van der Waals surface area (Å²) >= 11 is 0. The molecule has 2 aromatic heterocycles. The molecule has 0 aliphatic rings. The molecule has 0 unspecified atom stereocenters. The Morgan fingerprint density at radius 3 is 2.95 bits per heavy atom. The summed E-state index contributed by atoms with van der Waals surface area (Å²) in [4.78, 5) is 3.12. The van der Waals surface area contributed by atoms with E-state index in [1.807, 2.05) is 30.5 Å². The van der Waals surface area contributed by atoms with Crippen LogP contribution in [0, 0.1) is 0 Å². The van der Waals surface area contributed by atoms with Gasteiger partial charge in [-0.05, 0) is 18.2 Å². The molecule has 0 saturated carbocycles. The number of nitrogens with one attached hydrogen (secondary N) is 1. The van der Waals surface area contributed by atoms with Crippen molar-refractivity contribution in [2.45, 2.75) is 12.6 Å². The number of ether oxygens (including phenoxy) is 1. The SMILES string of the molecule is O[C@@H](COc1cccc2[nH]ccc12)Cn1cnnc1. The highest BCUT2D eigenvalue weighted by atomic mass is 16.5. The Morgan fingerprint density at radius 1 is 1.26 bits per heavy atom. The van der Waals surface area contributed by atoms with Crippen LogP contribution in [0.25, 0.3) is 10.9 Å². The minimum absolute atomic E-state index is 0.225. The highest BCUT2D eigenvalue weighted by Gasteiger charge is 2.08. The molecule has 0 bridgehead atoms. The van der Waals surface area contributed by atoms with Crippen LogP contribution in [0.5, 0.6) is 5.75 Å². The van der Waals surface area contributed by atoms with Gasteiger partial charge >= 0.3 is 0 Å². The van der Waals surface area contributed by atoms with E-state index in [0.717, 1.165) is 16.7 Å². The first-order valence-corrected chi connectivity index (χ1v) is 6.02. The number of fused-ring (bicyclic) bond motifs is 1. The van der Waals surface area contributed by atoms with Crippen molar-refractivity contribution in [3.05, 3.63) is 43.1 Å². The Hall–Kier alpha value is -2.34. The van der Waals surface area contributed by atoms with Gasteiger partial charge in [0.15, 0.2) is 0 Å². The van der Waals surface area contributed by atoms with Gasteiger partial charge in [-0.25, -0.2) is 0 Å². The van der Waals surface area contributed by atoms with Crippen LogP contribution in [0.15, 0.2) is 43.1 Å². The number of aromatic amines is 1. The molecular formula is C13H14N4O2. The molecule has 6 heteroatoms. The van der Waals surface area contributed by atoms with Crippen LogP contribution in [0.3, 0.4) is 0 Å². The molecule has 3 aromatic rings. The maximum atomic E-state index is 9.90. The number of aliphatic hydroxyl groups excluding tert-OH is 1. The number of hydrogen-bond acceptors (Lipinski definition) is 4. The van der Waals surface area contributed by atoms with Gasteiger partial charge in [0.25, 0.3) is 0 Å². The van der Waals surface area contributed by atoms with E-state index in [9.17, 15) is 5.11 Å². The molecule has 0 aliphatic heterocycles. The van der Waals surface area contributed by atoms with E-state index in [2.05, 4.69) is 15.2 Å². The zero-order chi connectivity index (χ0) is 13.1. The first-order chi connectivity index (χ1) is 9.33. The lowest BCUT2D eigenvalue weighted by Crippen LogP contribution is -2.23. The fourth-order valence-corrected chi connectivity index (χ4v) is 1.98. The van der Waals surface area contributed by atoms with Crippen molar-refractivity contribution in [2.75, 3.05) is 6.61 Å². The molecule has 1 aromatic carbocycles. The van der Waals surface area contributed by atoms with Gasteiger partial charge in [-0.15, -0.1) is 10.2 Å². The Morgan fingerprint density at radius 2 is 2.11 bits per heavy atom. The predicted molar refractivity (Wildman–Crippen MR) is 69.8 cm³/mol. The molecule has 0 amide bonds. The van der Waals surface area contributed by atoms with Crippen molar-refractivity contribution in [3.8, 4) is 5.75 Å². The Labute approximate surface area is 109 Å². The summed E-state index contributed by atoms with van der Waals surface area (Å²) in [5.74, 6) is 0.765. The third-order valence-corrected chi connectivity index (χ3v) is 2.87. The van der Waals surface area contributed by atoms with Crippen LogP contribution in [-0.4, -0.2) is 37.6 Å². The molecule has 0 aliphatic carbocycles. The molecule has 2 N–H and O–H groups in total. The van der Waals surface area contributed by atoms with Gasteiger partial charge < -0.3 is 19.4 Å². The second-order valence-electron chi connectivity index (χ2n) is 4.32.